The van der Waals surface area contributed by atoms with Crippen molar-refractivity contribution >= 4 is 34.6 Å². The summed E-state index contributed by atoms with van der Waals surface area (Å²) >= 11 is 3.27. The number of carbonyl (C=O) groups is 2. The third kappa shape index (κ3) is 12.4. The van der Waals surface area contributed by atoms with Crippen molar-refractivity contribution in [2.45, 2.75) is 25.9 Å². The van der Waals surface area contributed by atoms with Gasteiger partial charge in [0.1, 0.15) is 10.0 Å². The molecule has 0 aliphatic heterocycles. The van der Waals surface area contributed by atoms with Crippen LogP contribution in [0.25, 0.3) is 45.3 Å². The normalized spacial score (nSPS) is 11.9. The van der Waals surface area contributed by atoms with Crippen LogP contribution in [-0.4, -0.2) is 98.3 Å². The number of aryl methyl sites for hydroxylation is 2. The lowest BCUT2D eigenvalue weighted by Crippen LogP contribution is -2.34. The Hall–Kier alpha value is -6.76. The molecule has 2 unspecified atom stereocenters. The second-order valence-corrected chi connectivity index (χ2v) is 16.3. The van der Waals surface area contributed by atoms with Gasteiger partial charge >= 0.3 is 5.97 Å². The maximum Gasteiger partial charge on any atom is 0.335 e. The first-order valence-electron chi connectivity index (χ1n) is 19.8. The highest BCUT2D eigenvalue weighted by Gasteiger charge is 2.21. The second kappa shape index (κ2) is 21.9. The molecule has 4 N–H and O–H groups in total. The summed E-state index contributed by atoms with van der Waals surface area (Å²) in [5.74, 6) is 0.665. The summed E-state index contributed by atoms with van der Waals surface area (Å²) in [5.41, 5.74) is 12.1. The first-order chi connectivity index (χ1) is 30.4. The molecule has 8 rings (SSSR count). The minimum absolute atomic E-state index is 0.0329. The first kappa shape index (κ1) is 45.8. The fraction of sp³-hybridized carbons (Fsp3) is 0.217. The number of carboxylic acids is 1. The Kier molecular flexibility index (Phi) is 15.9. The molecule has 4 aromatic heterocycles. The molecule has 0 spiro atoms. The third-order valence-corrected chi connectivity index (χ3v) is 11.4. The van der Waals surface area contributed by atoms with Gasteiger partial charge in [-0.05, 0) is 52.5 Å². The molecule has 0 radical (unpaired) electrons. The number of aromatic carboxylic acids is 1. The van der Waals surface area contributed by atoms with Crippen LogP contribution in [-0.2, 0) is 0 Å². The summed E-state index contributed by atoms with van der Waals surface area (Å²) < 4.78 is 9.85. The smallest absolute Gasteiger partial charge is 0.335 e. The van der Waals surface area contributed by atoms with Crippen molar-refractivity contribution in [2.24, 2.45) is 5.73 Å². The summed E-state index contributed by atoms with van der Waals surface area (Å²) in [6.07, 6.45) is 0. The largest absolute Gasteiger partial charge is 0.478 e. The Labute approximate surface area is 373 Å². The molecule has 2 atom stereocenters. The van der Waals surface area contributed by atoms with Crippen molar-refractivity contribution in [1.82, 2.24) is 45.4 Å². The molecular formula is C46H48N10O5S2. The monoisotopic (exact) mass is 884 g/mol. The van der Waals surface area contributed by atoms with E-state index in [1.165, 1.54) is 12.1 Å². The molecule has 0 saturated heterocycles. The minimum atomic E-state index is -0.975. The second-order valence-electron chi connectivity index (χ2n) is 14.5. The van der Waals surface area contributed by atoms with Crippen LogP contribution in [0.2, 0.25) is 0 Å². The number of thiazole rings is 2. The number of rotatable bonds is 13. The topological polar surface area (TPSA) is 203 Å². The van der Waals surface area contributed by atoms with Gasteiger partial charge in [0.25, 0.3) is 5.91 Å². The maximum atomic E-state index is 12.8. The molecule has 17 heteroatoms. The van der Waals surface area contributed by atoms with Crippen LogP contribution in [0.1, 0.15) is 54.6 Å². The number of nitrogens with two attached hydrogens (primary N) is 1. The molecule has 0 bridgehead atoms. The first-order valence-corrected chi connectivity index (χ1v) is 21.5. The molecule has 1 amide bonds. The lowest BCUT2D eigenvalue weighted by molar-refractivity contribution is 0.0696. The van der Waals surface area contributed by atoms with Gasteiger partial charge in [-0.1, -0.05) is 95.2 Å². The van der Waals surface area contributed by atoms with E-state index in [4.69, 9.17) is 24.9 Å². The van der Waals surface area contributed by atoms with Gasteiger partial charge in [-0.3, -0.25) is 14.6 Å². The Morgan fingerprint density at radius 2 is 1.08 bits per heavy atom. The van der Waals surface area contributed by atoms with Gasteiger partial charge in [0.2, 0.25) is 23.4 Å². The van der Waals surface area contributed by atoms with Crippen LogP contribution in [0.15, 0.2) is 129 Å². The number of amides is 1. The van der Waals surface area contributed by atoms with E-state index in [9.17, 15) is 9.59 Å². The van der Waals surface area contributed by atoms with Gasteiger partial charge in [0, 0.05) is 65.5 Å². The Morgan fingerprint density at radius 3 is 1.51 bits per heavy atom. The van der Waals surface area contributed by atoms with Crippen molar-refractivity contribution in [3.63, 3.8) is 0 Å². The lowest BCUT2D eigenvalue weighted by Gasteiger charge is -2.22. The Bertz CT molecular complexity index is 2700. The Morgan fingerprint density at radius 1 is 0.635 bits per heavy atom. The number of benzene rings is 4. The summed E-state index contributed by atoms with van der Waals surface area (Å²) in [6, 6.07) is 34.1. The average molecular weight is 885 g/mol. The van der Waals surface area contributed by atoms with Crippen LogP contribution in [0.4, 0.5) is 0 Å². The van der Waals surface area contributed by atoms with Crippen LogP contribution in [0.5, 0.6) is 0 Å². The van der Waals surface area contributed by atoms with E-state index in [-0.39, 0.29) is 23.6 Å². The van der Waals surface area contributed by atoms with E-state index in [1.807, 2.05) is 88.9 Å². The molecule has 0 aliphatic carbocycles. The Balaban J connectivity index is 0.000000174. The highest BCUT2D eigenvalue weighted by Crippen LogP contribution is 2.29. The zero-order valence-corrected chi connectivity index (χ0v) is 37.3. The van der Waals surface area contributed by atoms with Gasteiger partial charge < -0.3 is 25.2 Å². The van der Waals surface area contributed by atoms with Crippen molar-refractivity contribution in [3.8, 4) is 45.3 Å². The number of hydrogen-bond acceptors (Lipinski definition) is 15. The van der Waals surface area contributed by atoms with E-state index in [0.717, 1.165) is 38.1 Å². The van der Waals surface area contributed by atoms with E-state index >= 15 is 0 Å². The van der Waals surface area contributed by atoms with Crippen LogP contribution in [0.3, 0.4) is 0 Å². The number of likely N-dealkylation sites (N-methyl/N-ethyl adjacent to an activating group) is 2. The lowest BCUT2D eigenvalue weighted by atomic mass is 10.1. The molecule has 63 heavy (non-hydrogen) atoms. The molecule has 8 aromatic rings. The van der Waals surface area contributed by atoms with Crippen molar-refractivity contribution in [2.75, 3.05) is 41.3 Å². The summed E-state index contributed by atoms with van der Waals surface area (Å²) in [4.78, 5) is 45.4. The summed E-state index contributed by atoms with van der Waals surface area (Å²) in [5, 5.41) is 25.6. The van der Waals surface area contributed by atoms with Crippen LogP contribution < -0.4 is 11.1 Å². The van der Waals surface area contributed by atoms with E-state index < -0.39 is 5.97 Å². The van der Waals surface area contributed by atoms with Crippen molar-refractivity contribution in [1.29, 1.82) is 0 Å². The number of aromatic nitrogens is 6. The van der Waals surface area contributed by atoms with Gasteiger partial charge in [0.15, 0.2) is 0 Å². The number of nitrogens with one attached hydrogen (secondary N) is 1. The van der Waals surface area contributed by atoms with Gasteiger partial charge in [-0.15, -0.1) is 22.7 Å². The van der Waals surface area contributed by atoms with Crippen molar-refractivity contribution in [3.05, 3.63) is 153 Å². The fourth-order valence-corrected chi connectivity index (χ4v) is 8.16. The van der Waals surface area contributed by atoms with Crippen LogP contribution >= 0.6 is 22.7 Å². The molecule has 0 saturated carbocycles. The quantitative estimate of drug-likeness (QED) is 0.0997. The van der Waals surface area contributed by atoms with Crippen LogP contribution in [0, 0.1) is 13.8 Å². The number of nitrogens with zero attached hydrogens (tertiary/aromatic N) is 8. The standard InChI is InChI=1S/C23H23N5O2S.C13H17N3S.C10H8N2O3/c1-15-25-21(27-30-15)17-10-7-11-18(12-17)22(29)24-13-20(28(2)3)23-26-19(14-31-23)16-8-5-4-6-9-16;1-16(2)12(8-14)13-15-11(9-17-13)10-6-4-3-5-7-10;1-6-11-9(12-15-6)7-3-2-4-8(5-7)10(13)14/h4-12,14,20H,13H2,1-3H3,(H,24,29);3-7,9,12H,8,14H2,1-2H3;2-5H,1H3,(H,13,14). The van der Waals surface area contributed by atoms with Gasteiger partial charge in [-0.2, -0.15) is 9.97 Å². The highest BCUT2D eigenvalue weighted by atomic mass is 32.1. The van der Waals surface area contributed by atoms with Gasteiger partial charge in [-0.25, -0.2) is 14.8 Å². The zero-order chi connectivity index (χ0) is 44.9. The number of carboxylic acid groups (broad SMARTS) is 1. The molecule has 0 aliphatic rings. The average Bonchev–Trinajstić information content (AvgIpc) is 4.14. The maximum absolute atomic E-state index is 12.8. The number of hydrogen-bond donors (Lipinski definition) is 3. The fourth-order valence-electron chi connectivity index (χ4n) is 6.10. The summed E-state index contributed by atoms with van der Waals surface area (Å²) in [7, 11) is 8.03. The predicted molar refractivity (Wildman–Crippen MR) is 245 cm³/mol. The predicted octanol–water partition coefficient (Wildman–Crippen LogP) is 8.32. The SMILES string of the molecule is CN(C)C(CN)c1nc(-c2ccccc2)cs1.Cc1nc(-c2cccc(C(=O)NCC(c3nc(-c4ccccc4)cs3)N(C)C)c2)no1.Cc1nc(-c2cccc(C(=O)O)c2)no1. The molecule has 4 heterocycles. The molecular weight excluding hydrogens is 837 g/mol. The van der Waals surface area contributed by atoms with E-state index in [1.54, 1.807) is 60.8 Å². The number of carbonyl (C=O) groups excluding carboxylic acids is 1. The van der Waals surface area contributed by atoms with Gasteiger partial charge in [0.05, 0.1) is 29.0 Å². The highest BCUT2D eigenvalue weighted by molar-refractivity contribution is 7.10. The van der Waals surface area contributed by atoms with E-state index in [0.29, 0.717) is 47.6 Å². The third-order valence-electron chi connectivity index (χ3n) is 9.48. The molecule has 0 fully saturated rings. The molecule has 324 valence electrons. The molecule has 4 aromatic carbocycles. The molecule has 15 nitrogen and oxygen atoms in total. The summed E-state index contributed by atoms with van der Waals surface area (Å²) in [6.45, 7) is 4.45. The van der Waals surface area contributed by atoms with E-state index in [2.05, 4.69) is 63.3 Å². The minimum Gasteiger partial charge on any atom is -0.478 e. The zero-order valence-electron chi connectivity index (χ0n) is 35.7. The van der Waals surface area contributed by atoms with Crippen molar-refractivity contribution < 1.29 is 23.7 Å².